The van der Waals surface area contributed by atoms with Gasteiger partial charge in [-0.25, -0.2) is 18.7 Å². The number of pyridine rings is 1. The quantitative estimate of drug-likeness (QED) is 0.413. The molecule has 4 aromatic heterocycles. The Kier molecular flexibility index (Phi) is 4.19. The summed E-state index contributed by atoms with van der Waals surface area (Å²) in [6.45, 7) is 1.33. The molecule has 0 spiro atoms. The molecular weight excluding hydrogens is 404 g/mol. The highest BCUT2D eigenvalue weighted by atomic mass is 19.2. The van der Waals surface area contributed by atoms with E-state index in [2.05, 4.69) is 30.2 Å². The van der Waals surface area contributed by atoms with Crippen molar-refractivity contribution in [2.24, 2.45) is 7.05 Å². The number of aromatic amines is 2. The molecule has 156 valence electrons. The molecule has 0 saturated carbocycles. The van der Waals surface area contributed by atoms with Gasteiger partial charge in [0.25, 0.3) is 0 Å². The van der Waals surface area contributed by atoms with E-state index in [0.717, 1.165) is 22.6 Å². The number of H-pyrrole nitrogens is 2. The van der Waals surface area contributed by atoms with Gasteiger partial charge in [-0.3, -0.25) is 9.78 Å². The molecule has 3 N–H and O–H groups in total. The van der Waals surface area contributed by atoms with Crippen molar-refractivity contribution in [1.29, 1.82) is 0 Å². The predicted octanol–water partition coefficient (Wildman–Crippen LogP) is 3.28. The van der Waals surface area contributed by atoms with Crippen LogP contribution in [0.3, 0.4) is 0 Å². The van der Waals surface area contributed by atoms with Gasteiger partial charge in [-0.05, 0) is 19.1 Å². The standard InChI is InChI=1S/C21H17F2N7O/c1-21(31,15-4-3-5-16(22)17(15)23)20-27-19(28-29-20)14-9-25-18-13(14)6-11(7-24-18)12-8-26-30(2)10-12/h3-10,31H,1-2H3,(H,24,25)(H,27,28,29). The lowest BCUT2D eigenvalue weighted by Crippen LogP contribution is -2.26. The van der Waals surface area contributed by atoms with Crippen LogP contribution in [0.5, 0.6) is 0 Å². The first-order valence-electron chi connectivity index (χ1n) is 9.41. The second kappa shape index (κ2) is 6.81. The summed E-state index contributed by atoms with van der Waals surface area (Å²) in [5, 5.41) is 22.7. The number of nitrogens with one attached hydrogen (secondary N) is 2. The van der Waals surface area contributed by atoms with Crippen molar-refractivity contribution < 1.29 is 13.9 Å². The summed E-state index contributed by atoms with van der Waals surface area (Å²) in [5.41, 5.74) is 0.899. The maximum atomic E-state index is 14.3. The molecule has 1 atom stereocenters. The summed E-state index contributed by atoms with van der Waals surface area (Å²) in [4.78, 5) is 11.9. The summed E-state index contributed by atoms with van der Waals surface area (Å²) < 4.78 is 29.6. The van der Waals surface area contributed by atoms with Crippen LogP contribution >= 0.6 is 0 Å². The van der Waals surface area contributed by atoms with E-state index in [-0.39, 0.29) is 17.2 Å². The number of hydrogen-bond donors (Lipinski definition) is 3. The molecule has 0 fully saturated rings. The number of aryl methyl sites for hydroxylation is 1. The van der Waals surface area contributed by atoms with Crippen molar-refractivity contribution in [3.63, 3.8) is 0 Å². The van der Waals surface area contributed by atoms with Gasteiger partial charge < -0.3 is 10.1 Å². The molecule has 1 unspecified atom stereocenters. The molecule has 5 rings (SSSR count). The maximum absolute atomic E-state index is 14.3. The van der Waals surface area contributed by atoms with E-state index in [0.29, 0.717) is 11.2 Å². The summed E-state index contributed by atoms with van der Waals surface area (Å²) in [6, 6.07) is 5.55. The van der Waals surface area contributed by atoms with Crippen LogP contribution in [0.25, 0.3) is 33.5 Å². The molecule has 31 heavy (non-hydrogen) atoms. The molecule has 0 aliphatic rings. The third-order valence-electron chi connectivity index (χ3n) is 5.23. The largest absolute Gasteiger partial charge is 0.377 e. The molecule has 0 radical (unpaired) electrons. The lowest BCUT2D eigenvalue weighted by atomic mass is 9.94. The highest BCUT2D eigenvalue weighted by Crippen LogP contribution is 2.33. The lowest BCUT2D eigenvalue weighted by molar-refractivity contribution is 0.0876. The van der Waals surface area contributed by atoms with Crippen LogP contribution in [0.4, 0.5) is 8.78 Å². The van der Waals surface area contributed by atoms with Crippen LogP contribution in [-0.2, 0) is 12.6 Å². The molecule has 5 aromatic rings. The first-order chi connectivity index (χ1) is 14.8. The van der Waals surface area contributed by atoms with Crippen LogP contribution < -0.4 is 0 Å². The maximum Gasteiger partial charge on any atom is 0.183 e. The molecule has 10 heteroatoms. The SMILES string of the molecule is Cn1cc(-c2cnc3[nH]cc(-c4n[nH]c(C(C)(O)c5cccc(F)c5F)n4)c3c2)cn1. The van der Waals surface area contributed by atoms with E-state index in [1.54, 1.807) is 23.3 Å². The monoisotopic (exact) mass is 421 g/mol. The van der Waals surface area contributed by atoms with E-state index in [4.69, 9.17) is 0 Å². The highest BCUT2D eigenvalue weighted by molar-refractivity contribution is 5.94. The molecular formula is C21H17F2N7O. The number of rotatable bonds is 4. The molecule has 0 amide bonds. The van der Waals surface area contributed by atoms with Gasteiger partial charge in [0.1, 0.15) is 11.2 Å². The van der Waals surface area contributed by atoms with Crippen molar-refractivity contribution in [3.8, 4) is 22.5 Å². The molecule has 1 aromatic carbocycles. The molecule has 4 heterocycles. The van der Waals surface area contributed by atoms with E-state index >= 15 is 0 Å². The van der Waals surface area contributed by atoms with Crippen molar-refractivity contribution in [2.45, 2.75) is 12.5 Å². The number of fused-ring (bicyclic) bond motifs is 1. The topological polar surface area (TPSA) is 108 Å². The first-order valence-corrected chi connectivity index (χ1v) is 9.41. The van der Waals surface area contributed by atoms with Gasteiger partial charge in [0.15, 0.2) is 23.3 Å². The van der Waals surface area contributed by atoms with Gasteiger partial charge in [0.05, 0.1) is 6.20 Å². The molecule has 8 nitrogen and oxygen atoms in total. The molecule has 0 saturated heterocycles. The Balaban J connectivity index is 1.57. The molecule has 0 aliphatic heterocycles. The summed E-state index contributed by atoms with van der Waals surface area (Å²) in [7, 11) is 1.83. The third-order valence-corrected chi connectivity index (χ3v) is 5.23. The average Bonchev–Trinajstić information content (AvgIpc) is 3.48. The fourth-order valence-electron chi connectivity index (χ4n) is 3.52. The van der Waals surface area contributed by atoms with E-state index in [1.165, 1.54) is 19.1 Å². The Labute approximate surface area is 174 Å². The van der Waals surface area contributed by atoms with Gasteiger partial charge in [0, 0.05) is 53.3 Å². The van der Waals surface area contributed by atoms with Crippen LogP contribution in [0.15, 0.2) is 49.1 Å². The second-order valence-corrected chi connectivity index (χ2v) is 7.41. The van der Waals surface area contributed by atoms with Gasteiger partial charge in [-0.1, -0.05) is 12.1 Å². The van der Waals surface area contributed by atoms with E-state index in [9.17, 15) is 13.9 Å². The number of nitrogens with zero attached hydrogens (tertiary/aromatic N) is 5. The zero-order valence-corrected chi connectivity index (χ0v) is 16.6. The molecule has 0 bridgehead atoms. The summed E-state index contributed by atoms with van der Waals surface area (Å²) in [5.74, 6) is -1.92. The number of aromatic nitrogens is 7. The van der Waals surface area contributed by atoms with Crippen molar-refractivity contribution in [3.05, 3.63) is 72.1 Å². The van der Waals surface area contributed by atoms with Crippen LogP contribution in [0, 0.1) is 11.6 Å². The Morgan fingerprint density at radius 3 is 2.77 bits per heavy atom. The zero-order chi connectivity index (χ0) is 21.8. The summed E-state index contributed by atoms with van der Waals surface area (Å²) in [6.07, 6.45) is 7.06. The minimum Gasteiger partial charge on any atom is -0.377 e. The zero-order valence-electron chi connectivity index (χ0n) is 16.6. The predicted molar refractivity (Wildman–Crippen MR) is 109 cm³/mol. The van der Waals surface area contributed by atoms with Gasteiger partial charge >= 0.3 is 0 Å². The lowest BCUT2D eigenvalue weighted by Gasteiger charge is -2.21. The minimum absolute atomic E-state index is 0.0160. The van der Waals surface area contributed by atoms with Gasteiger partial charge in [-0.2, -0.15) is 10.2 Å². The number of benzene rings is 1. The van der Waals surface area contributed by atoms with Crippen LogP contribution in [0.1, 0.15) is 18.3 Å². The first kappa shape index (κ1) is 19.1. The van der Waals surface area contributed by atoms with Crippen molar-refractivity contribution in [1.82, 2.24) is 34.9 Å². The Bertz CT molecular complexity index is 1420. The Morgan fingerprint density at radius 1 is 1.16 bits per heavy atom. The van der Waals surface area contributed by atoms with Crippen LogP contribution in [-0.4, -0.2) is 40.0 Å². The highest BCUT2D eigenvalue weighted by Gasteiger charge is 2.34. The van der Waals surface area contributed by atoms with E-state index in [1.807, 2.05) is 19.3 Å². The van der Waals surface area contributed by atoms with Crippen molar-refractivity contribution >= 4 is 11.0 Å². The third kappa shape index (κ3) is 3.08. The second-order valence-electron chi connectivity index (χ2n) is 7.41. The van der Waals surface area contributed by atoms with Crippen molar-refractivity contribution in [2.75, 3.05) is 0 Å². The molecule has 0 aliphatic carbocycles. The smallest absolute Gasteiger partial charge is 0.183 e. The normalized spacial score (nSPS) is 13.6. The average molecular weight is 421 g/mol. The number of halogens is 2. The number of aliphatic hydroxyl groups is 1. The van der Waals surface area contributed by atoms with E-state index < -0.39 is 17.2 Å². The van der Waals surface area contributed by atoms with Crippen LogP contribution in [0.2, 0.25) is 0 Å². The fraction of sp³-hybridized carbons (Fsp3) is 0.143. The Morgan fingerprint density at radius 2 is 2.00 bits per heavy atom. The fourth-order valence-corrected chi connectivity index (χ4v) is 3.52. The minimum atomic E-state index is -1.91. The Hall–Kier alpha value is -3.92. The van der Waals surface area contributed by atoms with Gasteiger partial charge in [-0.15, -0.1) is 0 Å². The number of hydrogen-bond acceptors (Lipinski definition) is 5. The summed E-state index contributed by atoms with van der Waals surface area (Å²) >= 11 is 0. The van der Waals surface area contributed by atoms with Gasteiger partial charge in [0.2, 0.25) is 0 Å².